The minimum Gasteiger partial charge on any atom is -0.497 e. The lowest BCUT2D eigenvalue weighted by Crippen LogP contribution is -2.56. The van der Waals surface area contributed by atoms with Crippen LogP contribution in [0.1, 0.15) is 51.9 Å². The molecule has 3 atom stereocenters. The van der Waals surface area contributed by atoms with Crippen LogP contribution >= 0.6 is 0 Å². The molecular formula is C45H47N3O8. The largest absolute Gasteiger partial charge is 0.497 e. The lowest BCUT2D eigenvalue weighted by atomic mass is 9.85. The molecule has 4 aromatic carbocycles. The SMILES string of the molecule is COC1=CCC(C(=O)N2c3cc(OC)c4cc3C[C@H]3c5c(cc(OC)c(OC)c5Oc5cc6c(cc5OC)CCN(C)C6Cc5ccc(cc5)O4)CCN32)C=C1. The van der Waals surface area contributed by atoms with Gasteiger partial charge in [-0.25, -0.2) is 10.0 Å². The van der Waals surface area contributed by atoms with Gasteiger partial charge >= 0.3 is 0 Å². The van der Waals surface area contributed by atoms with Gasteiger partial charge in [-0.15, -0.1) is 0 Å². The number of hydrogen-bond donors (Lipinski definition) is 0. The van der Waals surface area contributed by atoms with E-state index >= 15 is 0 Å². The van der Waals surface area contributed by atoms with Crippen molar-refractivity contribution in [2.24, 2.45) is 5.92 Å². The summed E-state index contributed by atoms with van der Waals surface area (Å²) in [4.78, 5) is 17.3. The Labute approximate surface area is 327 Å². The first-order valence-corrected chi connectivity index (χ1v) is 19.2. The summed E-state index contributed by atoms with van der Waals surface area (Å²) in [5, 5.41) is 4.04. The Balaban J connectivity index is 1.28. The molecule has 4 aromatic rings. The zero-order valence-electron chi connectivity index (χ0n) is 32.7. The summed E-state index contributed by atoms with van der Waals surface area (Å²) >= 11 is 0. The molecule has 1 aliphatic carbocycles. The molecular weight excluding hydrogens is 711 g/mol. The van der Waals surface area contributed by atoms with Gasteiger partial charge in [0.2, 0.25) is 11.7 Å². The highest BCUT2D eigenvalue weighted by molar-refractivity contribution is 5.97. The third kappa shape index (κ3) is 6.01. The van der Waals surface area contributed by atoms with E-state index in [0.29, 0.717) is 71.8 Å². The van der Waals surface area contributed by atoms with Gasteiger partial charge in [0, 0.05) is 30.8 Å². The van der Waals surface area contributed by atoms with E-state index in [9.17, 15) is 4.79 Å². The van der Waals surface area contributed by atoms with Gasteiger partial charge in [-0.2, -0.15) is 0 Å². The maximum Gasteiger partial charge on any atom is 0.248 e. The van der Waals surface area contributed by atoms with E-state index in [-0.39, 0.29) is 18.0 Å². The van der Waals surface area contributed by atoms with Gasteiger partial charge in [0.05, 0.1) is 53.2 Å². The van der Waals surface area contributed by atoms with E-state index < -0.39 is 5.92 Å². The van der Waals surface area contributed by atoms with E-state index in [1.165, 1.54) is 16.7 Å². The number of carbonyl (C=O) groups excluding carboxylic acids is 1. The third-order valence-corrected chi connectivity index (χ3v) is 12.0. The van der Waals surface area contributed by atoms with E-state index in [2.05, 4.69) is 41.2 Å². The zero-order chi connectivity index (χ0) is 38.7. The highest BCUT2D eigenvalue weighted by Crippen LogP contribution is 2.55. The van der Waals surface area contributed by atoms with Crippen LogP contribution in [0, 0.1) is 5.92 Å². The predicted molar refractivity (Wildman–Crippen MR) is 212 cm³/mol. The second-order valence-corrected chi connectivity index (χ2v) is 14.9. The molecule has 5 aliphatic heterocycles. The lowest BCUT2D eigenvalue weighted by molar-refractivity contribution is -0.125. The number of hydrazine groups is 1. The minimum absolute atomic E-state index is 0.0510. The zero-order valence-corrected chi connectivity index (χ0v) is 32.7. The molecule has 5 heterocycles. The molecule has 0 spiro atoms. The average molecular weight is 758 g/mol. The van der Waals surface area contributed by atoms with Crippen molar-refractivity contribution >= 4 is 11.6 Å². The summed E-state index contributed by atoms with van der Waals surface area (Å²) in [6, 6.07) is 18.3. The number of carbonyl (C=O) groups is 1. The number of methoxy groups -OCH3 is 5. The molecule has 11 nitrogen and oxygen atoms in total. The van der Waals surface area contributed by atoms with Crippen molar-refractivity contribution in [1.29, 1.82) is 0 Å². The number of nitrogens with zero attached hydrogens (tertiary/aromatic N) is 3. The first-order chi connectivity index (χ1) is 27.3. The van der Waals surface area contributed by atoms with Crippen LogP contribution in [0.3, 0.4) is 0 Å². The molecule has 10 rings (SSSR count). The van der Waals surface area contributed by atoms with Crippen molar-refractivity contribution in [2.45, 2.75) is 44.2 Å². The third-order valence-electron chi connectivity index (χ3n) is 12.0. The molecule has 2 unspecified atom stereocenters. The second kappa shape index (κ2) is 14.5. The van der Waals surface area contributed by atoms with Crippen LogP contribution in [0.25, 0.3) is 0 Å². The van der Waals surface area contributed by atoms with Crippen LogP contribution in [0.4, 0.5) is 5.69 Å². The molecule has 56 heavy (non-hydrogen) atoms. The van der Waals surface area contributed by atoms with Crippen molar-refractivity contribution < 1.29 is 38.0 Å². The number of fused-ring (bicyclic) bond motifs is 2. The second-order valence-electron chi connectivity index (χ2n) is 14.9. The molecule has 0 fully saturated rings. The highest BCUT2D eigenvalue weighted by atomic mass is 16.5. The number of benzene rings is 4. The summed E-state index contributed by atoms with van der Waals surface area (Å²) in [5.74, 6) is 4.92. The van der Waals surface area contributed by atoms with E-state index in [1.54, 1.807) is 35.5 Å². The summed E-state index contributed by atoms with van der Waals surface area (Å²) in [5.41, 5.74) is 7.30. The number of hydrogen-bond acceptors (Lipinski definition) is 10. The van der Waals surface area contributed by atoms with Crippen LogP contribution in [-0.4, -0.2) is 71.5 Å². The summed E-state index contributed by atoms with van der Waals surface area (Å²) in [6.45, 7) is 1.50. The maximum atomic E-state index is 14.9. The fourth-order valence-corrected chi connectivity index (χ4v) is 9.06. The molecule has 6 aliphatic rings. The normalized spacial score (nSPS) is 20.9. The van der Waals surface area contributed by atoms with Gasteiger partial charge < -0.3 is 33.2 Å². The van der Waals surface area contributed by atoms with Crippen LogP contribution in [-0.2, 0) is 35.2 Å². The Morgan fingerprint density at radius 1 is 0.732 bits per heavy atom. The molecule has 290 valence electrons. The highest BCUT2D eigenvalue weighted by Gasteiger charge is 2.45. The maximum absolute atomic E-state index is 14.9. The number of likely N-dealkylation sites (N-methyl/N-ethyl adjacent to an activating group) is 1. The van der Waals surface area contributed by atoms with E-state index in [4.69, 9.17) is 33.2 Å². The van der Waals surface area contributed by atoms with Crippen LogP contribution in [0.5, 0.6) is 46.0 Å². The average Bonchev–Trinajstić information content (AvgIpc) is 3.23. The minimum atomic E-state index is -0.403. The first kappa shape index (κ1) is 36.0. The summed E-state index contributed by atoms with van der Waals surface area (Å²) in [6.07, 6.45) is 9.17. The van der Waals surface area contributed by atoms with Crippen molar-refractivity contribution in [2.75, 3.05) is 60.7 Å². The number of ether oxygens (including phenoxy) is 7. The summed E-state index contributed by atoms with van der Waals surface area (Å²) < 4.78 is 43.3. The topological polar surface area (TPSA) is 91.4 Å². The molecule has 7 bridgehead atoms. The van der Waals surface area contributed by atoms with Crippen molar-refractivity contribution in [3.8, 4) is 46.0 Å². The van der Waals surface area contributed by atoms with Gasteiger partial charge in [0.15, 0.2) is 34.5 Å². The van der Waals surface area contributed by atoms with Gasteiger partial charge in [-0.1, -0.05) is 18.2 Å². The quantitative estimate of drug-likeness (QED) is 0.193. The molecule has 0 N–H and O–H groups in total. The van der Waals surface area contributed by atoms with Crippen molar-refractivity contribution in [3.63, 3.8) is 0 Å². The van der Waals surface area contributed by atoms with Gasteiger partial charge in [0.25, 0.3) is 0 Å². The molecule has 0 saturated heterocycles. The van der Waals surface area contributed by atoms with Gasteiger partial charge in [-0.3, -0.25) is 9.69 Å². The Kier molecular flexibility index (Phi) is 9.29. The molecule has 11 heteroatoms. The Bertz CT molecular complexity index is 2270. The van der Waals surface area contributed by atoms with Gasteiger partial charge in [0.1, 0.15) is 11.5 Å². The van der Waals surface area contributed by atoms with Crippen LogP contribution in [0.2, 0.25) is 0 Å². The first-order valence-electron chi connectivity index (χ1n) is 19.2. The smallest absolute Gasteiger partial charge is 0.248 e. The van der Waals surface area contributed by atoms with Gasteiger partial charge in [-0.05, 0) is 116 Å². The monoisotopic (exact) mass is 757 g/mol. The fourth-order valence-electron chi connectivity index (χ4n) is 9.06. The number of anilines is 1. The summed E-state index contributed by atoms with van der Waals surface area (Å²) in [7, 11) is 10.4. The standard InChI is InChI=1S/C45H47N3O8/c1-46-17-15-28-21-37(51-3)40-24-33(28)35(46)19-26-7-11-32(12-8-26)55-39-23-30-20-36-42-29(22-41(53-5)43(54-6)44(42)56-40)16-18-47(36)48(34(30)25-38(39)52-4)45(49)27-9-13-31(50-2)14-10-27/h7-9,11-14,21-25,27,35-36H,10,15-20H2,1-6H3/t27?,35?,36-/m0/s1. The van der Waals surface area contributed by atoms with Crippen LogP contribution < -0.4 is 33.4 Å². The molecule has 0 radical (unpaired) electrons. The van der Waals surface area contributed by atoms with Crippen molar-refractivity contribution in [1.82, 2.24) is 9.91 Å². The van der Waals surface area contributed by atoms with E-state index in [1.807, 2.05) is 53.6 Å². The van der Waals surface area contributed by atoms with Crippen LogP contribution in [0.15, 0.2) is 78.6 Å². The molecule has 0 saturated carbocycles. The van der Waals surface area contributed by atoms with E-state index in [0.717, 1.165) is 47.5 Å². The number of allylic oxidation sites excluding steroid dienone is 2. The Morgan fingerprint density at radius 2 is 1.46 bits per heavy atom. The Hall–Kier alpha value is -5.65. The Morgan fingerprint density at radius 3 is 2.18 bits per heavy atom. The molecule has 1 amide bonds. The van der Waals surface area contributed by atoms with Crippen molar-refractivity contribution in [3.05, 3.63) is 112 Å². The fraction of sp³-hybridized carbons (Fsp3) is 0.356. The number of amides is 1. The number of rotatable bonds is 6. The lowest BCUT2D eigenvalue weighted by Gasteiger charge is -2.49. The predicted octanol–water partition coefficient (Wildman–Crippen LogP) is 7.90. The molecule has 0 aromatic heterocycles.